The number of aryl methyl sites for hydroxylation is 1. The molecule has 0 unspecified atom stereocenters. The molecular weight excluding hydrogens is 574 g/mol. The van der Waals surface area contributed by atoms with E-state index in [1.54, 1.807) is 23.1 Å². The van der Waals surface area contributed by atoms with Crippen LogP contribution in [0.2, 0.25) is 0 Å². The molecule has 0 saturated carbocycles. The molecule has 2 aromatic carbocycles. The van der Waals surface area contributed by atoms with E-state index >= 15 is 0 Å². The highest BCUT2D eigenvalue weighted by Crippen LogP contribution is 2.37. The van der Waals surface area contributed by atoms with Crippen LogP contribution >= 0.6 is 0 Å². The number of phenolic OH excluding ortho intramolecular Hbond substituents is 1. The van der Waals surface area contributed by atoms with Crippen molar-refractivity contribution in [1.82, 2.24) is 34.6 Å². The highest BCUT2D eigenvalue weighted by atomic mass is 16.3. The van der Waals surface area contributed by atoms with E-state index in [4.69, 9.17) is 21.2 Å². The Balaban J connectivity index is 1.28. The summed E-state index contributed by atoms with van der Waals surface area (Å²) in [7, 11) is 0. The van der Waals surface area contributed by atoms with E-state index in [0.717, 1.165) is 22.9 Å². The number of nitrogens with two attached hydrogens (primary N) is 1. The summed E-state index contributed by atoms with van der Waals surface area (Å²) < 4.78 is 3.61. The van der Waals surface area contributed by atoms with Crippen LogP contribution in [0.1, 0.15) is 44.3 Å². The van der Waals surface area contributed by atoms with Crippen LogP contribution in [0, 0.1) is 0 Å². The predicted octanol–water partition coefficient (Wildman–Crippen LogP) is 5.13. The monoisotopic (exact) mass is 597 g/mol. The molecular formula is C31H23N11O3. The number of nitrogens with one attached hydrogen (secondary N) is 1. The lowest BCUT2D eigenvalue weighted by molar-refractivity contribution is 0.0937. The summed E-state index contributed by atoms with van der Waals surface area (Å²) in [6.07, 6.45) is 6.84. The van der Waals surface area contributed by atoms with Gasteiger partial charge in [0.15, 0.2) is 23.6 Å². The first-order valence-corrected chi connectivity index (χ1v) is 13.9. The molecule has 14 heteroatoms. The number of phenols is 1. The number of aromatic nitrogens is 6. The van der Waals surface area contributed by atoms with Gasteiger partial charge in [0.05, 0.1) is 22.9 Å². The molecule has 0 spiro atoms. The minimum Gasteiger partial charge on any atom is -0.507 e. The first-order valence-electron chi connectivity index (χ1n) is 13.9. The van der Waals surface area contributed by atoms with Gasteiger partial charge >= 0.3 is 0 Å². The average Bonchev–Trinajstić information content (AvgIpc) is 3.80. The van der Waals surface area contributed by atoms with E-state index < -0.39 is 5.91 Å². The highest BCUT2D eigenvalue weighted by molar-refractivity contribution is 6.01. The molecule has 6 aromatic rings. The number of hydrogen-bond donors (Lipinski definition) is 3. The van der Waals surface area contributed by atoms with Gasteiger partial charge in [0.2, 0.25) is 0 Å². The lowest BCUT2D eigenvalue weighted by atomic mass is 10.0. The number of azide groups is 1. The molecule has 220 valence electrons. The van der Waals surface area contributed by atoms with Gasteiger partial charge in [0.1, 0.15) is 17.1 Å². The number of fused-ring (bicyclic) bond motifs is 2. The maximum Gasteiger partial charge on any atom is 0.252 e. The zero-order valence-electron chi connectivity index (χ0n) is 23.4. The Kier molecular flexibility index (Phi) is 6.64. The van der Waals surface area contributed by atoms with Gasteiger partial charge in [-0.05, 0) is 84.1 Å². The van der Waals surface area contributed by atoms with Crippen molar-refractivity contribution in [3.05, 3.63) is 112 Å². The van der Waals surface area contributed by atoms with E-state index in [1.807, 2.05) is 53.2 Å². The third-order valence-corrected chi connectivity index (χ3v) is 7.75. The van der Waals surface area contributed by atoms with Gasteiger partial charge in [0.25, 0.3) is 5.91 Å². The molecule has 0 saturated heterocycles. The number of rotatable bonds is 7. The number of benzene rings is 2. The lowest BCUT2D eigenvalue weighted by Crippen LogP contribution is -2.27. The summed E-state index contributed by atoms with van der Waals surface area (Å²) in [5, 5.41) is 20.8. The van der Waals surface area contributed by atoms with Crippen LogP contribution in [0.25, 0.3) is 44.5 Å². The number of carbonyl (C=O) groups is 2. The fourth-order valence-corrected chi connectivity index (χ4v) is 5.64. The van der Waals surface area contributed by atoms with Crippen LogP contribution in [0.15, 0.2) is 84.4 Å². The number of amides is 1. The summed E-state index contributed by atoms with van der Waals surface area (Å²) >= 11 is 0. The second-order valence-electron chi connectivity index (χ2n) is 10.4. The molecule has 4 heterocycles. The summed E-state index contributed by atoms with van der Waals surface area (Å²) in [5.74, 6) is 0.612. The van der Waals surface area contributed by atoms with E-state index in [0.29, 0.717) is 53.3 Å². The smallest absolute Gasteiger partial charge is 0.252 e. The molecule has 0 aliphatic heterocycles. The summed E-state index contributed by atoms with van der Waals surface area (Å²) in [6, 6.07) is 17.1. The fourth-order valence-electron chi connectivity index (χ4n) is 5.64. The van der Waals surface area contributed by atoms with Crippen LogP contribution in [-0.2, 0) is 6.42 Å². The molecule has 0 bridgehead atoms. The SMILES string of the molecule is [N-]=[N+]=Nc1cc(O)c(C=O)cc1C(=O)N[C@H]1CCc2cc(-n3c(-c4cccnc4N)nc4ccc(-n5cccn5)nc43)ccc21. The quantitative estimate of drug-likeness (QED) is 0.0972. The molecule has 1 aliphatic rings. The maximum atomic E-state index is 13.3. The van der Waals surface area contributed by atoms with Gasteiger partial charge in [-0.2, -0.15) is 5.10 Å². The Morgan fingerprint density at radius 2 is 2.02 bits per heavy atom. The van der Waals surface area contributed by atoms with Gasteiger partial charge in [-0.1, -0.05) is 11.2 Å². The Bertz CT molecular complexity index is 2180. The Hall–Kier alpha value is -6.53. The topological polar surface area (TPSA) is 203 Å². The zero-order chi connectivity index (χ0) is 31.1. The average molecular weight is 598 g/mol. The van der Waals surface area contributed by atoms with Crippen molar-refractivity contribution in [3.8, 4) is 28.6 Å². The van der Waals surface area contributed by atoms with Crippen LogP contribution < -0.4 is 11.1 Å². The van der Waals surface area contributed by atoms with Gasteiger partial charge in [0, 0.05) is 34.8 Å². The standard InChI is InChI=1S/C31H23N11O3/c32-28-21(3-1-10-34-28)29-36-24-8-9-27(41-12-2-11-35-41)38-30(24)42(29)19-5-6-20-17(13-19)4-7-23(20)37-31(45)22-14-18(16-43)26(44)15-25(22)39-40-33/h1-3,5-6,8-16,23,44H,4,7H2,(H2,32,34)(H,37,45)/t23-/m0/s1. The van der Waals surface area contributed by atoms with Crippen LogP contribution in [-0.4, -0.2) is 46.6 Å². The molecule has 1 amide bonds. The number of imidazole rings is 1. The van der Waals surface area contributed by atoms with Crippen molar-refractivity contribution in [2.24, 2.45) is 5.11 Å². The normalized spacial score (nSPS) is 13.7. The molecule has 14 nitrogen and oxygen atoms in total. The van der Waals surface area contributed by atoms with E-state index in [-0.39, 0.29) is 28.6 Å². The third-order valence-electron chi connectivity index (χ3n) is 7.75. The van der Waals surface area contributed by atoms with E-state index in [9.17, 15) is 14.7 Å². The van der Waals surface area contributed by atoms with Crippen LogP contribution in [0.3, 0.4) is 0 Å². The first kappa shape index (κ1) is 27.3. The summed E-state index contributed by atoms with van der Waals surface area (Å²) in [6.45, 7) is 0. The Labute approximate surface area is 254 Å². The summed E-state index contributed by atoms with van der Waals surface area (Å²) in [5.41, 5.74) is 19.7. The number of hydrogen-bond acceptors (Lipinski definition) is 9. The molecule has 4 N–H and O–H groups in total. The number of carbonyl (C=O) groups excluding carboxylic acids is 2. The Morgan fingerprint density at radius 3 is 2.80 bits per heavy atom. The van der Waals surface area contributed by atoms with E-state index in [2.05, 4.69) is 25.4 Å². The van der Waals surface area contributed by atoms with Crippen LogP contribution in [0.4, 0.5) is 11.5 Å². The van der Waals surface area contributed by atoms with Crippen molar-refractivity contribution in [3.63, 3.8) is 0 Å². The van der Waals surface area contributed by atoms with Crippen molar-refractivity contribution in [2.45, 2.75) is 18.9 Å². The minimum atomic E-state index is -0.535. The molecule has 0 fully saturated rings. The number of anilines is 1. The van der Waals surface area contributed by atoms with Gasteiger partial charge in [-0.25, -0.2) is 19.6 Å². The van der Waals surface area contributed by atoms with Crippen molar-refractivity contribution >= 4 is 34.9 Å². The molecule has 0 radical (unpaired) electrons. The van der Waals surface area contributed by atoms with Crippen LogP contribution in [0.5, 0.6) is 5.75 Å². The maximum absolute atomic E-state index is 13.3. The number of aromatic hydroxyl groups is 1. The van der Waals surface area contributed by atoms with Gasteiger partial charge in [-0.3, -0.25) is 14.2 Å². The second-order valence-corrected chi connectivity index (χ2v) is 10.4. The van der Waals surface area contributed by atoms with Crippen molar-refractivity contribution in [1.29, 1.82) is 0 Å². The highest BCUT2D eigenvalue weighted by Gasteiger charge is 2.27. The predicted molar refractivity (Wildman–Crippen MR) is 164 cm³/mol. The van der Waals surface area contributed by atoms with E-state index in [1.165, 1.54) is 6.07 Å². The number of aldehydes is 1. The number of pyridine rings is 2. The summed E-state index contributed by atoms with van der Waals surface area (Å²) in [4.78, 5) is 41.5. The Morgan fingerprint density at radius 1 is 1.13 bits per heavy atom. The first-order chi connectivity index (χ1) is 21.9. The number of nitrogens with zero attached hydrogens (tertiary/aromatic N) is 9. The molecule has 4 aromatic heterocycles. The minimum absolute atomic E-state index is 0.0135. The molecule has 1 aliphatic carbocycles. The largest absolute Gasteiger partial charge is 0.507 e. The number of nitrogen functional groups attached to an aromatic ring is 1. The zero-order valence-corrected chi connectivity index (χ0v) is 23.4. The van der Waals surface area contributed by atoms with Crippen molar-refractivity contribution < 1.29 is 14.7 Å². The third kappa shape index (κ3) is 4.76. The molecule has 45 heavy (non-hydrogen) atoms. The second kappa shape index (κ2) is 10.9. The van der Waals surface area contributed by atoms with Gasteiger partial charge in [-0.15, -0.1) is 0 Å². The molecule has 1 atom stereocenters. The lowest BCUT2D eigenvalue weighted by Gasteiger charge is -2.17. The fraction of sp³-hybridized carbons (Fsp3) is 0.0968. The van der Waals surface area contributed by atoms with Crippen molar-refractivity contribution in [2.75, 3.05) is 5.73 Å². The molecule has 7 rings (SSSR count). The van der Waals surface area contributed by atoms with Gasteiger partial charge < -0.3 is 16.2 Å².